The molecule has 0 aliphatic carbocycles. The molecule has 2 atom stereocenters. The van der Waals surface area contributed by atoms with Crippen molar-refractivity contribution >= 4 is 10.0 Å². The van der Waals surface area contributed by atoms with Crippen molar-refractivity contribution in [3.05, 3.63) is 0 Å². The number of rotatable bonds is 4. The minimum atomic E-state index is -3.07. The van der Waals surface area contributed by atoms with E-state index in [0.29, 0.717) is 24.1 Å². The molecule has 2 unspecified atom stereocenters. The first-order valence-corrected chi connectivity index (χ1v) is 8.21. The van der Waals surface area contributed by atoms with Crippen molar-refractivity contribution in [1.82, 2.24) is 9.62 Å². The summed E-state index contributed by atoms with van der Waals surface area (Å²) in [6.45, 7) is 8.81. The van der Waals surface area contributed by atoms with Gasteiger partial charge >= 0.3 is 0 Å². The van der Waals surface area contributed by atoms with E-state index in [2.05, 4.69) is 19.2 Å². The Balaban J connectivity index is 2.17. The minimum absolute atomic E-state index is 0.221. The Labute approximate surface area is 105 Å². The number of unbranched alkanes of at least 4 members (excludes halogenated alkanes) is 1. The van der Waals surface area contributed by atoms with Gasteiger partial charge in [-0.05, 0) is 38.6 Å². The van der Waals surface area contributed by atoms with E-state index in [0.717, 1.165) is 25.9 Å². The van der Waals surface area contributed by atoms with Gasteiger partial charge in [-0.1, -0.05) is 13.3 Å². The van der Waals surface area contributed by atoms with E-state index in [-0.39, 0.29) is 5.54 Å². The summed E-state index contributed by atoms with van der Waals surface area (Å²) in [5.74, 6) is 1.28. The summed E-state index contributed by atoms with van der Waals surface area (Å²) >= 11 is 0. The first kappa shape index (κ1) is 13.3. The summed E-state index contributed by atoms with van der Waals surface area (Å²) in [5.41, 5.74) is -0.221. The zero-order chi connectivity index (χ0) is 12.7. The van der Waals surface area contributed by atoms with E-state index in [1.807, 2.05) is 6.92 Å². The zero-order valence-corrected chi connectivity index (χ0v) is 11.9. The highest BCUT2D eigenvalue weighted by atomic mass is 32.2. The third kappa shape index (κ3) is 2.25. The molecule has 0 aromatic rings. The van der Waals surface area contributed by atoms with Crippen LogP contribution in [0.25, 0.3) is 0 Å². The Morgan fingerprint density at radius 1 is 1.35 bits per heavy atom. The molecule has 0 saturated carbocycles. The van der Waals surface area contributed by atoms with Gasteiger partial charge in [-0.2, -0.15) is 4.31 Å². The lowest BCUT2D eigenvalue weighted by molar-refractivity contribution is 0.233. The van der Waals surface area contributed by atoms with Crippen LogP contribution in [0.3, 0.4) is 0 Å². The molecule has 1 N–H and O–H groups in total. The highest BCUT2D eigenvalue weighted by Gasteiger charge is 2.53. The number of sulfonamides is 1. The van der Waals surface area contributed by atoms with E-state index in [1.54, 1.807) is 4.31 Å². The molecule has 0 spiro atoms. The first-order chi connectivity index (χ1) is 7.89. The van der Waals surface area contributed by atoms with Gasteiger partial charge in [0.2, 0.25) is 10.0 Å². The molecular weight excluding hydrogens is 236 g/mol. The molecule has 4 nitrogen and oxygen atoms in total. The second-order valence-corrected chi connectivity index (χ2v) is 7.89. The van der Waals surface area contributed by atoms with E-state index in [9.17, 15) is 8.42 Å². The van der Waals surface area contributed by atoms with Gasteiger partial charge in [0.25, 0.3) is 0 Å². The van der Waals surface area contributed by atoms with Gasteiger partial charge in [0.05, 0.1) is 5.75 Å². The molecule has 2 saturated heterocycles. The van der Waals surface area contributed by atoms with Crippen LogP contribution in [0.4, 0.5) is 0 Å². The van der Waals surface area contributed by atoms with Gasteiger partial charge in [-0.3, -0.25) is 0 Å². The van der Waals surface area contributed by atoms with Crippen molar-refractivity contribution in [3.63, 3.8) is 0 Å². The van der Waals surface area contributed by atoms with Crippen molar-refractivity contribution in [1.29, 1.82) is 0 Å². The highest BCUT2D eigenvalue weighted by molar-refractivity contribution is 7.89. The predicted octanol–water partition coefficient (Wildman–Crippen LogP) is 1.05. The molecule has 0 aromatic heterocycles. The Morgan fingerprint density at radius 3 is 2.65 bits per heavy atom. The Morgan fingerprint density at radius 2 is 2.06 bits per heavy atom. The monoisotopic (exact) mass is 260 g/mol. The van der Waals surface area contributed by atoms with Gasteiger partial charge in [0, 0.05) is 18.6 Å². The van der Waals surface area contributed by atoms with Gasteiger partial charge < -0.3 is 5.32 Å². The minimum Gasteiger partial charge on any atom is -0.316 e. The van der Waals surface area contributed by atoms with Gasteiger partial charge in [0.15, 0.2) is 0 Å². The fourth-order valence-corrected chi connectivity index (χ4v) is 5.44. The van der Waals surface area contributed by atoms with Crippen LogP contribution in [0.15, 0.2) is 0 Å². The molecular formula is C12H24N2O2S. The normalized spacial score (nSPS) is 32.9. The van der Waals surface area contributed by atoms with Gasteiger partial charge in [-0.25, -0.2) is 8.42 Å². The molecule has 5 heteroatoms. The second-order valence-electron chi connectivity index (χ2n) is 5.88. The highest BCUT2D eigenvalue weighted by Crippen LogP contribution is 2.42. The molecule has 17 heavy (non-hydrogen) atoms. The number of fused-ring (bicyclic) bond motifs is 1. The lowest BCUT2D eigenvalue weighted by Crippen LogP contribution is -2.48. The van der Waals surface area contributed by atoms with Crippen molar-refractivity contribution in [2.24, 2.45) is 11.8 Å². The Kier molecular flexibility index (Phi) is 3.54. The number of nitrogens with one attached hydrogen (secondary N) is 1. The second kappa shape index (κ2) is 4.52. The fraction of sp³-hybridized carbons (Fsp3) is 1.00. The van der Waals surface area contributed by atoms with Crippen LogP contribution in [0.2, 0.25) is 0 Å². The van der Waals surface area contributed by atoms with Gasteiger partial charge in [0.1, 0.15) is 0 Å². The molecule has 0 amide bonds. The number of hydrogen-bond donors (Lipinski definition) is 1. The summed E-state index contributed by atoms with van der Waals surface area (Å²) in [4.78, 5) is 0. The van der Waals surface area contributed by atoms with Crippen LogP contribution < -0.4 is 5.32 Å². The van der Waals surface area contributed by atoms with Crippen molar-refractivity contribution in [2.45, 2.75) is 39.2 Å². The van der Waals surface area contributed by atoms with E-state index in [1.165, 1.54) is 0 Å². The summed E-state index contributed by atoms with van der Waals surface area (Å²) in [6, 6.07) is 0. The van der Waals surface area contributed by atoms with E-state index in [4.69, 9.17) is 0 Å². The maximum Gasteiger partial charge on any atom is 0.214 e. The largest absolute Gasteiger partial charge is 0.316 e. The van der Waals surface area contributed by atoms with Crippen LogP contribution in [-0.2, 0) is 10.0 Å². The summed E-state index contributed by atoms with van der Waals surface area (Å²) in [7, 11) is -3.07. The smallest absolute Gasteiger partial charge is 0.214 e. The Bertz CT molecular complexity index is 378. The first-order valence-electron chi connectivity index (χ1n) is 6.61. The van der Waals surface area contributed by atoms with Crippen LogP contribution in [0.5, 0.6) is 0 Å². The van der Waals surface area contributed by atoms with Crippen molar-refractivity contribution in [3.8, 4) is 0 Å². The maximum absolute atomic E-state index is 12.3. The molecule has 2 rings (SSSR count). The molecule has 2 heterocycles. The molecule has 2 fully saturated rings. The lowest BCUT2D eigenvalue weighted by atomic mass is 9.85. The molecule has 100 valence electrons. The summed E-state index contributed by atoms with van der Waals surface area (Å²) in [6.07, 6.45) is 1.70. The summed E-state index contributed by atoms with van der Waals surface area (Å²) in [5, 5.41) is 3.37. The predicted molar refractivity (Wildman–Crippen MR) is 69.3 cm³/mol. The van der Waals surface area contributed by atoms with Crippen LogP contribution in [0, 0.1) is 11.8 Å². The molecule has 0 radical (unpaired) electrons. The van der Waals surface area contributed by atoms with E-state index < -0.39 is 10.0 Å². The van der Waals surface area contributed by atoms with Crippen LogP contribution in [-0.4, -0.2) is 43.6 Å². The quantitative estimate of drug-likeness (QED) is 0.822. The molecule has 0 aromatic carbocycles. The van der Waals surface area contributed by atoms with Crippen molar-refractivity contribution in [2.75, 3.05) is 25.4 Å². The summed E-state index contributed by atoms with van der Waals surface area (Å²) < 4.78 is 26.5. The van der Waals surface area contributed by atoms with Crippen LogP contribution >= 0.6 is 0 Å². The van der Waals surface area contributed by atoms with Crippen molar-refractivity contribution < 1.29 is 8.42 Å². The zero-order valence-electron chi connectivity index (χ0n) is 11.1. The lowest BCUT2D eigenvalue weighted by Gasteiger charge is -2.34. The Hall–Kier alpha value is -0.130. The number of hydrogen-bond acceptors (Lipinski definition) is 3. The topological polar surface area (TPSA) is 49.4 Å². The maximum atomic E-state index is 12.3. The van der Waals surface area contributed by atoms with Gasteiger partial charge in [-0.15, -0.1) is 0 Å². The number of nitrogens with zero attached hydrogens (tertiary/aromatic N) is 1. The van der Waals surface area contributed by atoms with E-state index >= 15 is 0 Å². The fourth-order valence-electron chi connectivity index (χ4n) is 3.29. The standard InChI is InChI=1S/C12H24N2O2S/c1-4-5-6-17(15,16)14-9-10-7-13-8-11(10)12(14,2)3/h10-11,13H,4-9H2,1-3H3. The average molecular weight is 260 g/mol. The third-order valence-electron chi connectivity index (χ3n) is 4.38. The SMILES string of the molecule is CCCCS(=O)(=O)N1CC2CNCC2C1(C)C. The molecule has 0 bridgehead atoms. The third-order valence-corrected chi connectivity index (χ3v) is 6.48. The average Bonchev–Trinajstić information content (AvgIpc) is 2.78. The molecule has 2 aliphatic rings. The molecule has 2 aliphatic heterocycles. The van der Waals surface area contributed by atoms with Crippen LogP contribution in [0.1, 0.15) is 33.6 Å².